The zero-order chi connectivity index (χ0) is 15.2. The molecule has 112 valence electrons. The van der Waals surface area contributed by atoms with Gasteiger partial charge in [-0.3, -0.25) is 4.79 Å². The third-order valence-corrected chi connectivity index (χ3v) is 2.57. The van der Waals surface area contributed by atoms with Gasteiger partial charge in [0, 0.05) is 6.54 Å². The average Bonchev–Trinajstić information content (AvgIpc) is 2.41. The van der Waals surface area contributed by atoms with E-state index < -0.39 is 0 Å². The number of amides is 1. The molecule has 0 spiro atoms. The van der Waals surface area contributed by atoms with Crippen LogP contribution in [0.1, 0.15) is 26.3 Å². The van der Waals surface area contributed by atoms with Gasteiger partial charge in [0.2, 0.25) is 5.91 Å². The predicted molar refractivity (Wildman–Crippen MR) is 77.1 cm³/mol. The molecule has 0 atom stereocenters. The Labute approximate surface area is 120 Å². The minimum Gasteiger partial charge on any atom is -0.493 e. The Morgan fingerprint density at radius 1 is 1.15 bits per heavy atom. The van der Waals surface area contributed by atoms with Crippen LogP contribution >= 0.6 is 0 Å². The van der Waals surface area contributed by atoms with Crippen LogP contribution in [-0.4, -0.2) is 32.3 Å². The number of rotatable bonds is 6. The van der Waals surface area contributed by atoms with Gasteiger partial charge < -0.3 is 19.5 Å². The molecule has 0 aromatic heterocycles. The lowest BCUT2D eigenvalue weighted by atomic mass is 10.2. The fraction of sp³-hybridized carbons (Fsp3) is 0.533. The van der Waals surface area contributed by atoms with Crippen molar-refractivity contribution < 1.29 is 19.0 Å². The Balaban J connectivity index is 2.51. The van der Waals surface area contributed by atoms with Crippen molar-refractivity contribution >= 4 is 5.91 Å². The van der Waals surface area contributed by atoms with Crippen molar-refractivity contribution in [1.82, 2.24) is 5.32 Å². The normalized spacial score (nSPS) is 11.1. The van der Waals surface area contributed by atoms with Gasteiger partial charge in [0.05, 0.1) is 19.8 Å². The van der Waals surface area contributed by atoms with Crippen LogP contribution in [0.15, 0.2) is 18.2 Å². The van der Waals surface area contributed by atoms with Gasteiger partial charge in [-0.15, -0.1) is 0 Å². The van der Waals surface area contributed by atoms with E-state index in [0.717, 1.165) is 5.56 Å². The van der Waals surface area contributed by atoms with E-state index >= 15 is 0 Å². The molecule has 0 aliphatic rings. The second-order valence-electron chi connectivity index (χ2n) is 5.37. The maximum Gasteiger partial charge on any atom is 0.246 e. The van der Waals surface area contributed by atoms with Crippen LogP contribution in [0.2, 0.25) is 0 Å². The monoisotopic (exact) mass is 281 g/mol. The van der Waals surface area contributed by atoms with E-state index in [1.165, 1.54) is 0 Å². The Kier molecular flexibility index (Phi) is 5.82. The Hall–Kier alpha value is -1.75. The molecule has 1 amide bonds. The van der Waals surface area contributed by atoms with E-state index in [-0.39, 0.29) is 18.1 Å². The van der Waals surface area contributed by atoms with Crippen molar-refractivity contribution in [2.45, 2.75) is 32.9 Å². The lowest BCUT2D eigenvalue weighted by molar-refractivity contribution is -0.130. The van der Waals surface area contributed by atoms with E-state index in [1.54, 1.807) is 14.2 Å². The number of ether oxygens (including phenoxy) is 3. The van der Waals surface area contributed by atoms with E-state index in [9.17, 15) is 4.79 Å². The van der Waals surface area contributed by atoms with Crippen molar-refractivity contribution in [1.29, 1.82) is 0 Å². The van der Waals surface area contributed by atoms with Crippen LogP contribution in [0.25, 0.3) is 0 Å². The van der Waals surface area contributed by atoms with Gasteiger partial charge in [0.15, 0.2) is 11.5 Å². The molecule has 0 aliphatic carbocycles. The Morgan fingerprint density at radius 2 is 1.80 bits per heavy atom. The third kappa shape index (κ3) is 5.48. The van der Waals surface area contributed by atoms with Gasteiger partial charge in [0.1, 0.15) is 6.61 Å². The smallest absolute Gasteiger partial charge is 0.246 e. The first kappa shape index (κ1) is 16.3. The molecule has 0 aliphatic heterocycles. The van der Waals surface area contributed by atoms with Crippen LogP contribution in [-0.2, 0) is 16.1 Å². The number of benzene rings is 1. The highest BCUT2D eigenvalue weighted by atomic mass is 16.5. The van der Waals surface area contributed by atoms with Gasteiger partial charge >= 0.3 is 0 Å². The number of hydrogen-bond donors (Lipinski definition) is 1. The highest BCUT2D eigenvalue weighted by molar-refractivity contribution is 5.77. The zero-order valence-corrected chi connectivity index (χ0v) is 12.8. The van der Waals surface area contributed by atoms with Gasteiger partial charge in [-0.25, -0.2) is 0 Å². The Bertz CT molecular complexity index is 452. The highest BCUT2D eigenvalue weighted by Gasteiger charge is 2.13. The molecule has 0 fully saturated rings. The van der Waals surface area contributed by atoms with Crippen LogP contribution in [0.4, 0.5) is 0 Å². The average molecular weight is 281 g/mol. The molecule has 1 rings (SSSR count). The number of hydrogen-bond acceptors (Lipinski definition) is 4. The first-order valence-electron chi connectivity index (χ1n) is 6.47. The molecule has 0 radical (unpaired) electrons. The summed E-state index contributed by atoms with van der Waals surface area (Å²) in [6, 6.07) is 5.53. The summed E-state index contributed by atoms with van der Waals surface area (Å²) in [5, 5.41) is 2.80. The molecule has 0 bridgehead atoms. The fourth-order valence-corrected chi connectivity index (χ4v) is 1.52. The summed E-state index contributed by atoms with van der Waals surface area (Å²) in [6.07, 6.45) is 0. The quantitative estimate of drug-likeness (QED) is 0.868. The summed E-state index contributed by atoms with van der Waals surface area (Å²) in [5.41, 5.74) is 0.618. The number of carbonyl (C=O) groups is 1. The number of carbonyl (C=O) groups excluding carboxylic acids is 1. The predicted octanol–water partition coefficient (Wildman–Crippen LogP) is 2.14. The molecule has 0 saturated carbocycles. The SMILES string of the molecule is COc1ccc(CNC(=O)COC(C)(C)C)cc1OC. The van der Waals surface area contributed by atoms with Crippen LogP contribution in [0, 0.1) is 0 Å². The largest absolute Gasteiger partial charge is 0.493 e. The van der Waals surface area contributed by atoms with Crippen LogP contribution < -0.4 is 14.8 Å². The standard InChI is InChI=1S/C15H23NO4/c1-15(2,3)20-10-14(17)16-9-11-6-7-12(18-4)13(8-11)19-5/h6-8H,9-10H2,1-5H3,(H,16,17). The summed E-state index contributed by atoms with van der Waals surface area (Å²) < 4.78 is 15.8. The molecule has 0 saturated heterocycles. The van der Waals surface area contributed by atoms with Gasteiger partial charge in [-0.05, 0) is 38.5 Å². The Morgan fingerprint density at radius 3 is 2.35 bits per heavy atom. The maximum absolute atomic E-state index is 11.6. The first-order valence-corrected chi connectivity index (χ1v) is 6.47. The van der Waals surface area contributed by atoms with Crippen molar-refractivity contribution in [3.63, 3.8) is 0 Å². The van der Waals surface area contributed by atoms with Crippen LogP contribution in [0.5, 0.6) is 11.5 Å². The van der Waals surface area contributed by atoms with Gasteiger partial charge in [-0.1, -0.05) is 6.07 Å². The minimum atomic E-state index is -0.319. The topological polar surface area (TPSA) is 56.8 Å². The van der Waals surface area contributed by atoms with Gasteiger partial charge in [0.25, 0.3) is 0 Å². The van der Waals surface area contributed by atoms with Crippen molar-refractivity contribution in [3.8, 4) is 11.5 Å². The molecular formula is C15H23NO4. The van der Waals surface area contributed by atoms with E-state index in [0.29, 0.717) is 18.0 Å². The molecule has 1 aromatic carbocycles. The summed E-state index contributed by atoms with van der Waals surface area (Å²) in [7, 11) is 3.17. The summed E-state index contributed by atoms with van der Waals surface area (Å²) >= 11 is 0. The minimum absolute atomic E-state index is 0.0524. The summed E-state index contributed by atoms with van der Waals surface area (Å²) in [4.78, 5) is 11.6. The lowest BCUT2D eigenvalue weighted by Crippen LogP contribution is -2.31. The molecule has 20 heavy (non-hydrogen) atoms. The second kappa shape index (κ2) is 7.14. The first-order chi connectivity index (χ1) is 9.35. The van der Waals surface area contributed by atoms with Crippen molar-refractivity contribution in [3.05, 3.63) is 23.8 Å². The van der Waals surface area contributed by atoms with E-state index in [1.807, 2.05) is 39.0 Å². The maximum atomic E-state index is 11.6. The summed E-state index contributed by atoms with van der Waals surface area (Å²) in [6.45, 7) is 6.21. The van der Waals surface area contributed by atoms with Crippen molar-refractivity contribution in [2.75, 3.05) is 20.8 Å². The molecule has 1 N–H and O–H groups in total. The summed E-state index contributed by atoms with van der Waals surface area (Å²) in [5.74, 6) is 1.17. The lowest BCUT2D eigenvalue weighted by Gasteiger charge is -2.19. The fourth-order valence-electron chi connectivity index (χ4n) is 1.52. The molecule has 0 heterocycles. The highest BCUT2D eigenvalue weighted by Crippen LogP contribution is 2.27. The molecular weight excluding hydrogens is 258 g/mol. The van der Waals surface area contributed by atoms with Crippen LogP contribution in [0.3, 0.4) is 0 Å². The third-order valence-electron chi connectivity index (χ3n) is 2.57. The van der Waals surface area contributed by atoms with Gasteiger partial charge in [-0.2, -0.15) is 0 Å². The van der Waals surface area contributed by atoms with E-state index in [2.05, 4.69) is 5.32 Å². The molecule has 1 aromatic rings. The molecule has 0 unspecified atom stereocenters. The zero-order valence-electron chi connectivity index (χ0n) is 12.8. The van der Waals surface area contributed by atoms with Crippen molar-refractivity contribution in [2.24, 2.45) is 0 Å². The number of nitrogens with one attached hydrogen (secondary N) is 1. The molecule has 5 nitrogen and oxygen atoms in total. The second-order valence-corrected chi connectivity index (χ2v) is 5.37. The molecule has 5 heteroatoms. The van der Waals surface area contributed by atoms with E-state index in [4.69, 9.17) is 14.2 Å². The number of methoxy groups -OCH3 is 2.